The highest BCUT2D eigenvalue weighted by atomic mass is 16.4. The number of furan rings is 1. The molecule has 1 N–H and O–H groups in total. The Bertz CT molecular complexity index is 1070. The number of benzene rings is 1. The van der Waals surface area contributed by atoms with Crippen molar-refractivity contribution in [3.05, 3.63) is 41.7 Å². The summed E-state index contributed by atoms with van der Waals surface area (Å²) >= 11 is 0. The molecule has 2 aromatic heterocycles. The predicted octanol–water partition coefficient (Wildman–Crippen LogP) is 1.43. The summed E-state index contributed by atoms with van der Waals surface area (Å²) in [5, 5.41) is 2.90. The van der Waals surface area contributed by atoms with Gasteiger partial charge in [0.15, 0.2) is 17.3 Å². The number of para-hydroxylation sites is 1. The van der Waals surface area contributed by atoms with Crippen molar-refractivity contribution >= 4 is 22.8 Å². The third kappa shape index (κ3) is 2.68. The molecule has 0 spiro atoms. The van der Waals surface area contributed by atoms with Crippen LogP contribution in [-0.4, -0.2) is 70.9 Å². The molecule has 4 heterocycles. The monoisotopic (exact) mass is 379 g/mol. The largest absolute Gasteiger partial charge is 0.448 e. The van der Waals surface area contributed by atoms with Gasteiger partial charge in [0.2, 0.25) is 0 Å². The first-order valence-electron chi connectivity index (χ1n) is 9.47. The normalized spacial score (nSPS) is 17.6. The van der Waals surface area contributed by atoms with Gasteiger partial charge < -0.3 is 24.1 Å². The van der Waals surface area contributed by atoms with Crippen LogP contribution in [0, 0.1) is 0 Å². The first-order valence-corrected chi connectivity index (χ1v) is 9.47. The summed E-state index contributed by atoms with van der Waals surface area (Å²) in [4.78, 5) is 33.8. The van der Waals surface area contributed by atoms with E-state index in [0.717, 1.165) is 24.1 Å². The number of amides is 2. The molecule has 2 aliphatic rings. The number of hydrogen-bond donors (Lipinski definition) is 1. The van der Waals surface area contributed by atoms with E-state index < -0.39 is 0 Å². The number of nitrogens with zero attached hydrogens (tertiary/aromatic N) is 4. The van der Waals surface area contributed by atoms with Gasteiger partial charge in [-0.2, -0.15) is 0 Å². The maximum atomic E-state index is 12.8. The lowest BCUT2D eigenvalue weighted by Crippen LogP contribution is -2.47. The molecule has 0 radical (unpaired) electrons. The molecule has 2 amide bonds. The molecule has 28 heavy (non-hydrogen) atoms. The second-order valence-corrected chi connectivity index (χ2v) is 7.28. The third-order valence-corrected chi connectivity index (χ3v) is 5.46. The van der Waals surface area contributed by atoms with E-state index in [4.69, 9.17) is 4.42 Å². The summed E-state index contributed by atoms with van der Waals surface area (Å²) in [5.41, 5.74) is 2.15. The van der Waals surface area contributed by atoms with E-state index in [-0.39, 0.29) is 11.8 Å². The van der Waals surface area contributed by atoms with Crippen LogP contribution in [0.3, 0.4) is 0 Å². The van der Waals surface area contributed by atoms with Crippen LogP contribution >= 0.6 is 0 Å². The number of likely N-dealkylation sites (N-methyl/N-ethyl adjacent to an activating group) is 1. The van der Waals surface area contributed by atoms with Crippen molar-refractivity contribution in [3.63, 3.8) is 0 Å². The molecule has 0 atom stereocenters. The van der Waals surface area contributed by atoms with Gasteiger partial charge in [-0.25, -0.2) is 4.98 Å². The number of hydrogen-bond acceptors (Lipinski definition) is 5. The zero-order chi connectivity index (χ0) is 19.3. The highest BCUT2D eigenvalue weighted by Crippen LogP contribution is 2.29. The summed E-state index contributed by atoms with van der Waals surface area (Å²) in [6, 6.07) is 9.01. The number of nitrogens with one attached hydrogen (secondary N) is 1. The number of carbonyl (C=O) groups is 2. The van der Waals surface area contributed by atoms with E-state index in [1.54, 1.807) is 18.2 Å². The molecule has 8 nitrogen and oxygen atoms in total. The van der Waals surface area contributed by atoms with Crippen molar-refractivity contribution in [2.75, 3.05) is 39.8 Å². The molecular formula is C20H21N5O3. The van der Waals surface area contributed by atoms with Crippen LogP contribution in [0.2, 0.25) is 0 Å². The highest BCUT2D eigenvalue weighted by Gasteiger charge is 2.26. The Kier molecular flexibility index (Phi) is 3.94. The van der Waals surface area contributed by atoms with E-state index in [9.17, 15) is 9.59 Å². The highest BCUT2D eigenvalue weighted by molar-refractivity contribution is 6.06. The quantitative estimate of drug-likeness (QED) is 0.728. The molecule has 0 saturated carbocycles. The van der Waals surface area contributed by atoms with Crippen molar-refractivity contribution in [2.45, 2.75) is 6.54 Å². The van der Waals surface area contributed by atoms with E-state index in [0.29, 0.717) is 49.1 Å². The summed E-state index contributed by atoms with van der Waals surface area (Å²) in [7, 11) is 2.05. The van der Waals surface area contributed by atoms with Gasteiger partial charge >= 0.3 is 0 Å². The minimum absolute atomic E-state index is 0.0936. The van der Waals surface area contributed by atoms with Crippen LogP contribution in [0.4, 0.5) is 0 Å². The van der Waals surface area contributed by atoms with Crippen LogP contribution in [0.25, 0.3) is 22.6 Å². The van der Waals surface area contributed by atoms with Gasteiger partial charge in [0.1, 0.15) is 0 Å². The maximum absolute atomic E-state index is 12.8. The summed E-state index contributed by atoms with van der Waals surface area (Å²) in [6.07, 6.45) is 0. The van der Waals surface area contributed by atoms with Crippen LogP contribution in [0.1, 0.15) is 20.9 Å². The first-order chi connectivity index (χ1) is 13.6. The molecule has 8 heteroatoms. The third-order valence-electron chi connectivity index (χ3n) is 5.46. The van der Waals surface area contributed by atoms with Crippen molar-refractivity contribution in [1.82, 2.24) is 24.7 Å². The SMILES string of the molecule is CN1CCN(C(=O)c2ccc(-c3nc4cccc5c4n3CCNC5=O)o2)CC1. The fourth-order valence-corrected chi connectivity index (χ4v) is 3.89. The molecular weight excluding hydrogens is 358 g/mol. The molecule has 0 aliphatic carbocycles. The molecule has 1 saturated heterocycles. The minimum Gasteiger partial charge on any atom is -0.448 e. The Morgan fingerprint density at radius 1 is 1.11 bits per heavy atom. The van der Waals surface area contributed by atoms with Gasteiger partial charge in [0.25, 0.3) is 11.8 Å². The lowest BCUT2D eigenvalue weighted by molar-refractivity contribution is 0.0633. The zero-order valence-corrected chi connectivity index (χ0v) is 15.6. The molecule has 144 valence electrons. The van der Waals surface area contributed by atoms with Crippen molar-refractivity contribution in [1.29, 1.82) is 0 Å². The van der Waals surface area contributed by atoms with Crippen molar-refractivity contribution in [3.8, 4) is 11.6 Å². The topological polar surface area (TPSA) is 83.6 Å². The average molecular weight is 379 g/mol. The molecule has 3 aromatic rings. The van der Waals surface area contributed by atoms with Crippen LogP contribution < -0.4 is 5.32 Å². The van der Waals surface area contributed by atoms with E-state index >= 15 is 0 Å². The summed E-state index contributed by atoms with van der Waals surface area (Å²) in [6.45, 7) is 4.22. The van der Waals surface area contributed by atoms with Gasteiger partial charge in [-0.05, 0) is 31.3 Å². The average Bonchev–Trinajstić information content (AvgIpc) is 3.28. The van der Waals surface area contributed by atoms with Crippen LogP contribution in [0.5, 0.6) is 0 Å². The molecule has 1 fully saturated rings. The second kappa shape index (κ2) is 6.49. The van der Waals surface area contributed by atoms with Crippen LogP contribution in [-0.2, 0) is 6.54 Å². The summed E-state index contributed by atoms with van der Waals surface area (Å²) < 4.78 is 7.91. The molecule has 1 aromatic carbocycles. The smallest absolute Gasteiger partial charge is 0.289 e. The number of carbonyl (C=O) groups excluding carboxylic acids is 2. The number of piperazine rings is 1. The molecule has 0 bridgehead atoms. The van der Waals surface area contributed by atoms with Crippen LogP contribution in [0.15, 0.2) is 34.7 Å². The van der Waals surface area contributed by atoms with Crippen molar-refractivity contribution in [2.24, 2.45) is 0 Å². The number of aromatic nitrogens is 2. The van der Waals surface area contributed by atoms with Crippen molar-refractivity contribution < 1.29 is 14.0 Å². The lowest BCUT2D eigenvalue weighted by Gasteiger charge is -2.31. The van der Waals surface area contributed by atoms with Gasteiger partial charge in [0.05, 0.1) is 16.6 Å². The fraction of sp³-hybridized carbons (Fsp3) is 0.350. The summed E-state index contributed by atoms with van der Waals surface area (Å²) in [5.74, 6) is 1.30. The van der Waals surface area contributed by atoms with Gasteiger partial charge in [0, 0.05) is 39.3 Å². The van der Waals surface area contributed by atoms with Gasteiger partial charge in [-0.3, -0.25) is 9.59 Å². The molecule has 0 unspecified atom stereocenters. The maximum Gasteiger partial charge on any atom is 0.289 e. The second-order valence-electron chi connectivity index (χ2n) is 7.28. The van der Waals surface area contributed by atoms with E-state index in [2.05, 4.69) is 22.2 Å². The van der Waals surface area contributed by atoms with Gasteiger partial charge in [-0.1, -0.05) is 6.07 Å². The Hall–Kier alpha value is -3.13. The standard InChI is InChI=1S/C20H21N5O3/c1-23-9-11-24(12-10-23)20(27)16-6-5-15(28-16)18-22-14-4-2-3-13-17(14)25(18)8-7-21-19(13)26/h2-6H,7-12H2,1H3,(H,21,26). The van der Waals surface area contributed by atoms with E-state index in [1.165, 1.54) is 0 Å². The number of imidazole rings is 1. The fourth-order valence-electron chi connectivity index (χ4n) is 3.89. The Labute approximate surface area is 161 Å². The number of rotatable bonds is 2. The predicted molar refractivity (Wildman–Crippen MR) is 103 cm³/mol. The lowest BCUT2D eigenvalue weighted by atomic mass is 10.2. The Morgan fingerprint density at radius 2 is 1.93 bits per heavy atom. The van der Waals surface area contributed by atoms with Gasteiger partial charge in [-0.15, -0.1) is 0 Å². The first kappa shape index (κ1) is 17.0. The minimum atomic E-state index is -0.0961. The Balaban J connectivity index is 1.52. The molecule has 2 aliphatic heterocycles. The van der Waals surface area contributed by atoms with E-state index in [1.807, 2.05) is 21.6 Å². The zero-order valence-electron chi connectivity index (χ0n) is 15.6. The molecule has 5 rings (SSSR count). The Morgan fingerprint density at radius 3 is 2.75 bits per heavy atom.